The number of allylic oxidation sites excluding steroid dienone is 3. The molecule has 29 heteroatoms. The molecule has 25 nitrogen and oxygen atoms in total. The molecular formula is C78H90Cl2N14O11S2. The minimum absolute atomic E-state index is 0.0206. The molecule has 0 saturated carbocycles. The molecule has 564 valence electrons. The molecule has 1 aliphatic carbocycles. The summed E-state index contributed by atoms with van der Waals surface area (Å²) in [6.07, 6.45) is 20.5. The second-order valence-electron chi connectivity index (χ2n) is 27.2. The van der Waals surface area contributed by atoms with Gasteiger partial charge in [0.1, 0.15) is 45.5 Å². The van der Waals surface area contributed by atoms with Crippen molar-refractivity contribution in [2.24, 2.45) is 27.6 Å². The molecule has 2 saturated heterocycles. The lowest BCUT2D eigenvalue weighted by molar-refractivity contribution is -0.140. The van der Waals surface area contributed by atoms with Crippen LogP contribution in [0.3, 0.4) is 0 Å². The predicted molar refractivity (Wildman–Crippen MR) is 411 cm³/mol. The zero-order chi connectivity index (χ0) is 76.4. The van der Waals surface area contributed by atoms with E-state index in [0.29, 0.717) is 53.2 Å². The first-order valence-corrected chi connectivity index (χ1v) is 38.9. The molecule has 7 aromatic rings. The van der Waals surface area contributed by atoms with Crippen LogP contribution in [-0.2, 0) is 43.1 Å². The molecule has 0 bridgehead atoms. The number of carbonyl (C=O) groups is 9. The van der Waals surface area contributed by atoms with Gasteiger partial charge in [-0.3, -0.25) is 77.7 Å². The Kier molecular flexibility index (Phi) is 28.3. The second kappa shape index (κ2) is 37.8. The van der Waals surface area contributed by atoms with Crippen LogP contribution in [0.2, 0.25) is 10.0 Å². The number of benzene rings is 2. The summed E-state index contributed by atoms with van der Waals surface area (Å²) in [6.45, 7) is 14.6. The van der Waals surface area contributed by atoms with E-state index >= 15 is 0 Å². The molecule has 2 fully saturated rings. The van der Waals surface area contributed by atoms with Gasteiger partial charge in [0.2, 0.25) is 35.4 Å². The highest BCUT2D eigenvalue weighted by Crippen LogP contribution is 2.42. The Balaban J connectivity index is 0.000000194. The van der Waals surface area contributed by atoms with Gasteiger partial charge in [-0.25, -0.2) is 0 Å². The molecule has 107 heavy (non-hydrogen) atoms. The number of aryl methyl sites for hydroxylation is 4. The van der Waals surface area contributed by atoms with E-state index in [1.807, 2.05) is 66.9 Å². The third-order valence-corrected chi connectivity index (χ3v) is 22.5. The summed E-state index contributed by atoms with van der Waals surface area (Å²) in [5.41, 5.74) is 13.6. The van der Waals surface area contributed by atoms with Crippen LogP contribution >= 0.6 is 45.9 Å². The lowest BCUT2D eigenvalue weighted by atomic mass is 9.80. The van der Waals surface area contributed by atoms with E-state index < -0.39 is 41.8 Å². The van der Waals surface area contributed by atoms with Crippen LogP contribution in [0.1, 0.15) is 223 Å². The fourth-order valence-corrected chi connectivity index (χ4v) is 16.3. The van der Waals surface area contributed by atoms with E-state index in [9.17, 15) is 47.9 Å². The second-order valence-corrected chi connectivity index (χ2v) is 30.5. The Morgan fingerprint density at radius 3 is 1.56 bits per heavy atom. The Bertz CT molecular complexity index is 4660. The predicted octanol–water partition coefficient (Wildman–Crippen LogP) is 11.9. The number of Topliss-reactive ketones (excluding diaryl/α,β-unsaturated/α-hetero) is 1. The van der Waals surface area contributed by atoms with Crippen LogP contribution in [0.25, 0.3) is 10.0 Å². The molecule has 0 radical (unpaired) electrons. The summed E-state index contributed by atoms with van der Waals surface area (Å²) in [7, 11) is 0. The van der Waals surface area contributed by atoms with Crippen molar-refractivity contribution in [3.05, 3.63) is 183 Å². The molecular weight excluding hydrogens is 1440 g/mol. The molecule has 5 aromatic heterocycles. The number of aromatic nitrogens is 7. The van der Waals surface area contributed by atoms with Crippen molar-refractivity contribution in [2.75, 3.05) is 19.6 Å². The normalized spacial score (nSPS) is 17.9. The molecule has 12 rings (SSSR count). The number of hydrogen-bond acceptors (Lipinski definition) is 20. The number of imide groups is 2. The van der Waals surface area contributed by atoms with Crippen molar-refractivity contribution < 1.29 is 47.9 Å². The third kappa shape index (κ3) is 20.2. The Morgan fingerprint density at radius 2 is 1.07 bits per heavy atom. The van der Waals surface area contributed by atoms with Gasteiger partial charge in [-0.15, -0.1) is 43.1 Å². The van der Waals surface area contributed by atoms with Gasteiger partial charge < -0.3 is 25.7 Å². The number of nitrogens with one attached hydrogen (secondary N) is 4. The van der Waals surface area contributed by atoms with Gasteiger partial charge in [-0.1, -0.05) is 105 Å². The van der Waals surface area contributed by atoms with Gasteiger partial charge in [0.25, 0.3) is 12.0 Å². The number of thiophene rings is 2. The molecule has 3 unspecified atom stereocenters. The maximum atomic E-state index is 13.2. The molecule has 4 aliphatic heterocycles. The summed E-state index contributed by atoms with van der Waals surface area (Å²) >= 11 is 15.8. The monoisotopic (exact) mass is 1530 g/mol. The Morgan fingerprint density at radius 1 is 0.598 bits per heavy atom. The van der Waals surface area contributed by atoms with Gasteiger partial charge in [-0.05, 0) is 146 Å². The number of nitrogens with zero attached hydrogens (tertiary/aromatic N) is 9. The lowest BCUT2D eigenvalue weighted by Crippen LogP contribution is -2.45. The van der Waals surface area contributed by atoms with Gasteiger partial charge >= 0.3 is 0 Å². The lowest BCUT2D eigenvalue weighted by Gasteiger charge is -2.26. The molecule has 6 amide bonds. The fourth-order valence-electron chi connectivity index (χ4n) is 13.6. The molecule has 5 atom stereocenters. The number of carbonyl (C=O) groups excluding carboxylic acids is 9. The maximum Gasteiger partial charge on any atom is 0.298 e. The highest BCUT2D eigenvalue weighted by molar-refractivity contribution is 7.15. The summed E-state index contributed by atoms with van der Waals surface area (Å²) in [5, 5.41) is 31.7. The number of amides is 6. The van der Waals surface area contributed by atoms with Gasteiger partial charge in [0.05, 0.1) is 36.1 Å². The van der Waals surface area contributed by atoms with Crippen LogP contribution in [0.5, 0.6) is 0 Å². The molecule has 5 aliphatic rings. The average Bonchev–Trinajstić information content (AvgIpc) is 1.60. The number of aliphatic imine (C=N–C) groups is 2. The Hall–Kier alpha value is -9.54. The summed E-state index contributed by atoms with van der Waals surface area (Å²) < 4.78 is 10.0. The van der Waals surface area contributed by atoms with Crippen molar-refractivity contribution in [1.29, 1.82) is 0 Å². The molecule has 0 spiro atoms. The third-order valence-electron chi connectivity index (χ3n) is 19.6. The minimum atomic E-state index is -0.790. The van der Waals surface area contributed by atoms with Crippen molar-refractivity contribution >= 4 is 111 Å². The number of nitrogens with two attached hydrogens (primary N) is 1. The van der Waals surface area contributed by atoms with Gasteiger partial charge in [0.15, 0.2) is 23.2 Å². The highest BCUT2D eigenvalue weighted by Gasteiger charge is 2.38. The number of pyridine rings is 1. The van der Waals surface area contributed by atoms with E-state index in [4.69, 9.17) is 38.9 Å². The standard InChI is InChI=1S/C39H44ClN7O5S.C27H35ClN6OS.C12H11NO5/c1-23-24(2)53-39-35(23)36(26-12-15-28(40)16-13-26)42-29(37-45-44-25(3)47(37)39)21-33(50)41-20-10-8-6-4-5-7-9-11-31(48)27-14-19-34(51)46(22-27)30-17-18-32(49)43-38(30)52;1-17-18(2)36-27-24(17)25(20-10-12-21(28)13-11-20)31-22(26-33-32-19(3)34(26)27)16-23(35)30-15-9-7-5-4-6-8-14-29;14-6-18-7-1-3-10(15)9(5-7)8-2-4-11(16)13-12(8)17/h12-16,19,22,29-30H,4-11,17-18,20-21H2,1-3H3,(H,41,50)(H,43,49,52);10-13,22H,4-9,14-16,29H2,1-3H3,(H,30,35);1,3,5-6,8-9H,2,4H2,(H,13,16,17)/t29-,30?;22-;/m00./s1. The van der Waals surface area contributed by atoms with E-state index in [1.54, 1.807) is 22.7 Å². The number of hydrogen-bond donors (Lipinski definition) is 5. The number of piperidine rings is 2. The van der Waals surface area contributed by atoms with Crippen molar-refractivity contribution in [2.45, 2.75) is 188 Å². The number of unbranched alkanes of at least 4 members (excludes halogenated alkanes) is 11. The van der Waals surface area contributed by atoms with Crippen molar-refractivity contribution in [3.63, 3.8) is 0 Å². The minimum Gasteiger partial charge on any atom is -0.429 e. The number of fused-ring (bicyclic) bond motifs is 6. The summed E-state index contributed by atoms with van der Waals surface area (Å²) in [6, 6.07) is 16.4. The summed E-state index contributed by atoms with van der Waals surface area (Å²) in [5.74, 6) is -0.217. The van der Waals surface area contributed by atoms with Crippen molar-refractivity contribution in [3.8, 4) is 10.0 Å². The first-order chi connectivity index (χ1) is 51.5. The number of ketones is 2. The topological polar surface area (TPSA) is 345 Å². The van der Waals surface area contributed by atoms with Crippen molar-refractivity contribution in [1.82, 2.24) is 55.4 Å². The maximum absolute atomic E-state index is 13.2. The molecule has 2 aromatic carbocycles. The van der Waals surface area contributed by atoms with E-state index in [-0.39, 0.29) is 85.1 Å². The van der Waals surface area contributed by atoms with Crippen LogP contribution in [0.4, 0.5) is 0 Å². The quantitative estimate of drug-likeness (QED) is 0.0126. The van der Waals surface area contributed by atoms with E-state index in [1.165, 1.54) is 75.7 Å². The first-order valence-electron chi connectivity index (χ1n) is 36.5. The zero-order valence-corrected chi connectivity index (χ0v) is 64.1. The van der Waals surface area contributed by atoms with Crippen LogP contribution < -0.4 is 32.6 Å². The van der Waals surface area contributed by atoms with Crippen LogP contribution in [-0.4, -0.2) is 119 Å². The van der Waals surface area contributed by atoms with Crippen LogP contribution in [0.15, 0.2) is 106 Å². The average molecular weight is 1530 g/mol. The molecule has 9 heterocycles. The van der Waals surface area contributed by atoms with Gasteiger partial charge in [0, 0.05) is 92.2 Å². The SMILES string of the molecule is Cc1sc2c(c1C)C(c1ccc(Cl)cc1)=N[C@@H](CC(=O)NCCCCCCCCCC(=O)c1ccc(=O)n(C3CCC(=O)NC3=O)c1)c1nnc(C)n1-2.Cc1sc2c(c1C)C(c1ccc(Cl)cc1)=N[C@@H](CC(=O)NCCCCCCCCN)c1nnc(C)n1-2.O=COC1=CC(C2CCC(=O)NC2=O)C(=O)C=C1. The van der Waals surface area contributed by atoms with Crippen LogP contribution in [0, 0.1) is 53.4 Å². The van der Waals surface area contributed by atoms with E-state index in [2.05, 4.69) is 78.7 Å². The Labute approximate surface area is 638 Å². The molecule has 6 N–H and O–H groups in total. The number of halogens is 2. The first kappa shape index (κ1) is 80.0. The smallest absolute Gasteiger partial charge is 0.298 e. The zero-order valence-electron chi connectivity index (χ0n) is 61.0. The number of rotatable bonds is 29. The van der Waals surface area contributed by atoms with Gasteiger partial charge in [-0.2, -0.15) is 0 Å². The summed E-state index contributed by atoms with van der Waals surface area (Å²) in [4.78, 5) is 133. The highest BCUT2D eigenvalue weighted by atomic mass is 35.5. The fraction of sp³-hybridized carbons (Fsp3) is 0.436. The number of ether oxygens (including phenoxy) is 1. The van der Waals surface area contributed by atoms with E-state index in [0.717, 1.165) is 132 Å². The largest absolute Gasteiger partial charge is 0.429 e.